The topological polar surface area (TPSA) is 67.0 Å². The summed E-state index contributed by atoms with van der Waals surface area (Å²) >= 11 is 0. The number of carbonyl (C=O) groups excluding carboxylic acids is 1. The number of pyridine rings is 1. The normalized spacial score (nSPS) is 11.0. The Kier molecular flexibility index (Phi) is 4.69. The third-order valence-electron chi connectivity index (χ3n) is 3.47. The summed E-state index contributed by atoms with van der Waals surface area (Å²) in [5.74, 6) is -0.290. The summed E-state index contributed by atoms with van der Waals surface area (Å²) in [6.45, 7) is -2.67. The van der Waals surface area contributed by atoms with Gasteiger partial charge in [-0.2, -0.15) is 8.78 Å². The van der Waals surface area contributed by atoms with Crippen molar-refractivity contribution in [3.8, 4) is 5.75 Å². The second kappa shape index (κ2) is 7.08. The highest BCUT2D eigenvalue weighted by atomic mass is 19.3. The van der Waals surface area contributed by atoms with E-state index in [0.29, 0.717) is 11.3 Å². The van der Waals surface area contributed by atoms with Gasteiger partial charge in [-0.05, 0) is 24.3 Å². The van der Waals surface area contributed by atoms with Crippen LogP contribution in [0.3, 0.4) is 0 Å². The smallest absolute Gasteiger partial charge is 0.387 e. The van der Waals surface area contributed by atoms with Crippen LogP contribution in [0.5, 0.6) is 5.75 Å². The minimum Gasteiger partial charge on any atom is -0.435 e. The predicted molar refractivity (Wildman–Crippen MR) is 84.7 cm³/mol. The Morgan fingerprint density at radius 1 is 1.21 bits per heavy atom. The Balaban J connectivity index is 1.61. The molecule has 0 unspecified atom stereocenters. The summed E-state index contributed by atoms with van der Waals surface area (Å²) in [6.07, 6.45) is 1.74. The average Bonchev–Trinajstić information content (AvgIpc) is 3.02. The standard InChI is InChI=1S/C17H15F2N3O2/c18-17(19)24-14-4-2-1-3-12(14)9-15(23)21-10-13-6-5-11-7-8-20-16(11)22-13/h1-8,17H,9-10H2,(H,20,22)(H,21,23). The van der Waals surface area contributed by atoms with Crippen molar-refractivity contribution in [3.05, 3.63) is 59.9 Å². The molecule has 2 N–H and O–H groups in total. The molecule has 0 radical (unpaired) electrons. The average molecular weight is 331 g/mol. The molecule has 0 saturated carbocycles. The second-order valence-corrected chi connectivity index (χ2v) is 5.16. The lowest BCUT2D eigenvalue weighted by Gasteiger charge is -2.10. The molecule has 0 aliphatic rings. The lowest BCUT2D eigenvalue weighted by Crippen LogP contribution is -2.25. The maximum atomic E-state index is 12.4. The van der Waals surface area contributed by atoms with Crippen LogP contribution in [-0.2, 0) is 17.8 Å². The van der Waals surface area contributed by atoms with Gasteiger partial charge in [0.15, 0.2) is 0 Å². The fourth-order valence-corrected chi connectivity index (χ4v) is 2.35. The number of aromatic amines is 1. The van der Waals surface area contributed by atoms with Crippen LogP contribution < -0.4 is 10.1 Å². The minimum atomic E-state index is -2.93. The number of hydrogen-bond donors (Lipinski definition) is 2. The molecule has 1 aromatic carbocycles. The second-order valence-electron chi connectivity index (χ2n) is 5.16. The molecule has 7 heteroatoms. The molecule has 3 aromatic rings. The summed E-state index contributed by atoms with van der Waals surface area (Å²) in [7, 11) is 0. The molecule has 5 nitrogen and oxygen atoms in total. The first kappa shape index (κ1) is 15.9. The lowest BCUT2D eigenvalue weighted by atomic mass is 10.1. The number of nitrogens with one attached hydrogen (secondary N) is 2. The van der Waals surface area contributed by atoms with Crippen LogP contribution in [0.2, 0.25) is 0 Å². The van der Waals surface area contributed by atoms with Gasteiger partial charge >= 0.3 is 6.61 Å². The van der Waals surface area contributed by atoms with Gasteiger partial charge in [0.25, 0.3) is 0 Å². The summed E-state index contributed by atoms with van der Waals surface area (Å²) in [5.41, 5.74) is 1.86. The van der Waals surface area contributed by atoms with E-state index in [1.165, 1.54) is 6.07 Å². The van der Waals surface area contributed by atoms with Crippen molar-refractivity contribution in [2.24, 2.45) is 0 Å². The van der Waals surface area contributed by atoms with Crippen LogP contribution in [0.15, 0.2) is 48.7 Å². The number of H-pyrrole nitrogens is 1. The molecule has 0 atom stereocenters. The Morgan fingerprint density at radius 2 is 2.04 bits per heavy atom. The van der Waals surface area contributed by atoms with Crippen molar-refractivity contribution < 1.29 is 18.3 Å². The van der Waals surface area contributed by atoms with Gasteiger partial charge < -0.3 is 15.0 Å². The van der Waals surface area contributed by atoms with Gasteiger partial charge in [0.2, 0.25) is 5.91 Å². The number of hydrogen-bond acceptors (Lipinski definition) is 3. The zero-order valence-electron chi connectivity index (χ0n) is 12.6. The van der Waals surface area contributed by atoms with E-state index < -0.39 is 6.61 Å². The first-order chi connectivity index (χ1) is 11.6. The van der Waals surface area contributed by atoms with Crippen LogP contribution >= 0.6 is 0 Å². The number of para-hydroxylation sites is 1. The van der Waals surface area contributed by atoms with E-state index in [4.69, 9.17) is 0 Å². The zero-order chi connectivity index (χ0) is 16.9. The van der Waals surface area contributed by atoms with E-state index in [-0.39, 0.29) is 24.6 Å². The van der Waals surface area contributed by atoms with E-state index in [2.05, 4.69) is 20.0 Å². The molecule has 0 spiro atoms. The Hall–Kier alpha value is -2.96. The summed E-state index contributed by atoms with van der Waals surface area (Å²) < 4.78 is 29.2. The van der Waals surface area contributed by atoms with Crippen LogP contribution in [0.4, 0.5) is 8.78 Å². The number of rotatable bonds is 6. The number of halogens is 2. The van der Waals surface area contributed by atoms with Crippen molar-refractivity contribution in [3.63, 3.8) is 0 Å². The van der Waals surface area contributed by atoms with Gasteiger partial charge in [-0.3, -0.25) is 4.79 Å². The van der Waals surface area contributed by atoms with E-state index in [9.17, 15) is 13.6 Å². The van der Waals surface area contributed by atoms with Gasteiger partial charge in [0, 0.05) is 17.1 Å². The van der Waals surface area contributed by atoms with Crippen molar-refractivity contribution in [2.45, 2.75) is 19.6 Å². The number of benzene rings is 1. The Labute approximate surface area is 136 Å². The summed E-state index contributed by atoms with van der Waals surface area (Å²) in [4.78, 5) is 19.4. The zero-order valence-corrected chi connectivity index (χ0v) is 12.6. The molecule has 0 aliphatic heterocycles. The first-order valence-electron chi connectivity index (χ1n) is 7.34. The molecule has 0 aliphatic carbocycles. The molecule has 124 valence electrons. The molecular formula is C17H15F2N3O2. The predicted octanol–water partition coefficient (Wildman–Crippen LogP) is 3.02. The minimum absolute atomic E-state index is 0.00794. The van der Waals surface area contributed by atoms with E-state index in [0.717, 1.165) is 11.0 Å². The van der Waals surface area contributed by atoms with E-state index in [1.54, 1.807) is 24.4 Å². The number of ether oxygens (including phenoxy) is 1. The van der Waals surface area contributed by atoms with E-state index in [1.807, 2.05) is 18.2 Å². The summed E-state index contributed by atoms with van der Waals surface area (Å²) in [5, 5.41) is 3.72. The van der Waals surface area contributed by atoms with Gasteiger partial charge in [0.1, 0.15) is 11.4 Å². The molecule has 3 rings (SSSR count). The number of amides is 1. The molecule has 0 saturated heterocycles. The molecular weight excluding hydrogens is 316 g/mol. The maximum Gasteiger partial charge on any atom is 0.387 e. The van der Waals surface area contributed by atoms with Gasteiger partial charge in [-0.15, -0.1) is 0 Å². The molecule has 1 amide bonds. The van der Waals surface area contributed by atoms with Crippen molar-refractivity contribution >= 4 is 16.9 Å². The molecule has 2 heterocycles. The quantitative estimate of drug-likeness (QED) is 0.730. The van der Waals surface area contributed by atoms with Crippen LogP contribution in [-0.4, -0.2) is 22.5 Å². The van der Waals surface area contributed by atoms with Crippen LogP contribution in [0.1, 0.15) is 11.3 Å². The van der Waals surface area contributed by atoms with Gasteiger partial charge in [-0.1, -0.05) is 18.2 Å². The molecule has 24 heavy (non-hydrogen) atoms. The van der Waals surface area contributed by atoms with Crippen molar-refractivity contribution in [1.82, 2.24) is 15.3 Å². The Bertz CT molecular complexity index is 848. The van der Waals surface area contributed by atoms with Crippen LogP contribution in [0, 0.1) is 0 Å². The highest BCUT2D eigenvalue weighted by Crippen LogP contribution is 2.20. The van der Waals surface area contributed by atoms with Crippen molar-refractivity contribution in [1.29, 1.82) is 0 Å². The SMILES string of the molecule is O=C(Cc1ccccc1OC(F)F)NCc1ccc2cc[nH]c2n1. The largest absolute Gasteiger partial charge is 0.435 e. The van der Waals surface area contributed by atoms with Gasteiger partial charge in [0.05, 0.1) is 18.7 Å². The van der Waals surface area contributed by atoms with E-state index >= 15 is 0 Å². The molecule has 2 aromatic heterocycles. The fraction of sp³-hybridized carbons (Fsp3) is 0.176. The number of nitrogens with zero attached hydrogens (tertiary/aromatic N) is 1. The number of carbonyl (C=O) groups is 1. The monoisotopic (exact) mass is 331 g/mol. The Morgan fingerprint density at radius 3 is 2.88 bits per heavy atom. The number of aromatic nitrogens is 2. The fourth-order valence-electron chi connectivity index (χ4n) is 2.35. The maximum absolute atomic E-state index is 12.4. The third-order valence-corrected chi connectivity index (χ3v) is 3.47. The highest BCUT2D eigenvalue weighted by molar-refractivity contribution is 5.79. The third kappa shape index (κ3) is 3.87. The number of fused-ring (bicyclic) bond motifs is 1. The number of alkyl halides is 2. The lowest BCUT2D eigenvalue weighted by molar-refractivity contribution is -0.120. The molecule has 0 bridgehead atoms. The highest BCUT2D eigenvalue weighted by Gasteiger charge is 2.12. The van der Waals surface area contributed by atoms with Gasteiger partial charge in [-0.25, -0.2) is 4.98 Å². The van der Waals surface area contributed by atoms with Crippen LogP contribution in [0.25, 0.3) is 11.0 Å². The first-order valence-corrected chi connectivity index (χ1v) is 7.34. The molecule has 0 fully saturated rings. The van der Waals surface area contributed by atoms with Crippen molar-refractivity contribution in [2.75, 3.05) is 0 Å². The summed E-state index contributed by atoms with van der Waals surface area (Å²) in [6, 6.07) is 11.9.